The minimum atomic E-state index is -1.85. The van der Waals surface area contributed by atoms with Gasteiger partial charge >= 0.3 is 0 Å². The van der Waals surface area contributed by atoms with Crippen molar-refractivity contribution in [3.63, 3.8) is 0 Å². The van der Waals surface area contributed by atoms with Crippen LogP contribution in [-0.4, -0.2) is 11.1 Å². The van der Waals surface area contributed by atoms with Crippen LogP contribution in [0.4, 0.5) is 8.78 Å². The number of rotatable bonds is 1. The Morgan fingerprint density at radius 3 is 2.73 bits per heavy atom. The molecule has 0 N–H and O–H groups in total. The first-order valence-corrected chi connectivity index (χ1v) is 2.96. The van der Waals surface area contributed by atoms with Crippen molar-refractivity contribution in [3.05, 3.63) is 33.8 Å². The molecule has 0 aromatic carbocycles. The zero-order valence-electron chi connectivity index (χ0n) is 5.46. The first kappa shape index (κ1) is 7.84. The van der Waals surface area contributed by atoms with E-state index in [4.69, 9.17) is 0 Å². The summed E-state index contributed by atoms with van der Waals surface area (Å²) >= 11 is 0. The smallest absolute Gasteiger partial charge is 0.249 e. The lowest BCUT2D eigenvalue weighted by Crippen LogP contribution is -2.11. The van der Waals surface area contributed by atoms with Crippen molar-refractivity contribution < 1.29 is 13.7 Å². The Hall–Kier alpha value is -1.26. The van der Waals surface area contributed by atoms with Crippen molar-refractivity contribution in [2.24, 2.45) is 0 Å². The van der Waals surface area contributed by atoms with Crippen molar-refractivity contribution in [2.45, 2.75) is 12.6 Å². The lowest BCUT2D eigenvalue weighted by Gasteiger charge is -2.06. The predicted molar refractivity (Wildman–Crippen MR) is 33.8 cm³/mol. The largest absolute Gasteiger partial charge is 0.259 e. The van der Waals surface area contributed by atoms with Crippen molar-refractivity contribution >= 4 is 0 Å². The van der Waals surface area contributed by atoms with E-state index in [-0.39, 0.29) is 5.70 Å². The molecule has 0 spiro atoms. The number of hydrogen-bond acceptors (Lipinski definition) is 2. The van der Waals surface area contributed by atoms with Gasteiger partial charge in [-0.15, -0.1) is 0 Å². The predicted octanol–water partition coefficient (Wildman–Crippen LogP) is 1.74. The molecule has 1 atom stereocenters. The zero-order chi connectivity index (χ0) is 8.43. The quantitative estimate of drug-likeness (QED) is 0.434. The highest BCUT2D eigenvalue weighted by atomic mass is 19.2. The van der Waals surface area contributed by atoms with Gasteiger partial charge in [0.05, 0.1) is 11.3 Å². The van der Waals surface area contributed by atoms with Crippen LogP contribution in [0.25, 0.3) is 0 Å². The summed E-state index contributed by atoms with van der Waals surface area (Å²) in [5, 5.41) is 10.0. The van der Waals surface area contributed by atoms with Gasteiger partial charge in [-0.05, 0) is 6.08 Å². The first-order chi connectivity index (χ1) is 5.11. The molecule has 0 aromatic rings. The van der Waals surface area contributed by atoms with Crippen molar-refractivity contribution in [2.75, 3.05) is 0 Å². The summed E-state index contributed by atoms with van der Waals surface area (Å²) in [6.07, 6.45) is -0.562. The Labute approximate surface area is 61.2 Å². The van der Waals surface area contributed by atoms with Crippen LogP contribution in [0.5, 0.6) is 0 Å². The standard InChI is InChI=1S/C6H5F2NO2/c7-5-2-1-4(9(10)11)3-6(5)8/h1-2,6H,3H2. The Morgan fingerprint density at radius 1 is 1.64 bits per heavy atom. The molecule has 5 heteroatoms. The number of halogens is 2. The Morgan fingerprint density at radius 2 is 2.27 bits per heavy atom. The molecule has 60 valence electrons. The number of allylic oxidation sites excluding steroid dienone is 4. The summed E-state index contributed by atoms with van der Waals surface area (Å²) in [7, 11) is 0. The highest BCUT2D eigenvalue weighted by Crippen LogP contribution is 2.22. The second kappa shape index (κ2) is 2.77. The molecule has 1 aliphatic carbocycles. The van der Waals surface area contributed by atoms with Gasteiger partial charge in [-0.2, -0.15) is 0 Å². The fourth-order valence-electron chi connectivity index (χ4n) is 0.765. The third-order valence-electron chi connectivity index (χ3n) is 1.36. The van der Waals surface area contributed by atoms with Gasteiger partial charge in [0.1, 0.15) is 5.83 Å². The monoisotopic (exact) mass is 161 g/mol. The van der Waals surface area contributed by atoms with Gasteiger partial charge in [0.2, 0.25) is 5.70 Å². The molecular formula is C6H5F2NO2. The van der Waals surface area contributed by atoms with E-state index < -0.39 is 23.3 Å². The second-order valence-corrected chi connectivity index (χ2v) is 2.14. The SMILES string of the molecule is O=[N+]([O-])C1=CC=C(F)C(F)C1. The van der Waals surface area contributed by atoms with E-state index in [0.717, 1.165) is 12.2 Å². The Balaban J connectivity index is 2.82. The molecule has 3 nitrogen and oxygen atoms in total. The minimum Gasteiger partial charge on any atom is -0.259 e. The summed E-state index contributed by atoms with van der Waals surface area (Å²) in [6.45, 7) is 0. The molecule has 11 heavy (non-hydrogen) atoms. The highest BCUT2D eigenvalue weighted by molar-refractivity contribution is 5.20. The highest BCUT2D eigenvalue weighted by Gasteiger charge is 2.24. The third kappa shape index (κ3) is 1.60. The maximum Gasteiger partial charge on any atom is 0.249 e. The molecule has 0 radical (unpaired) electrons. The van der Waals surface area contributed by atoms with E-state index in [0.29, 0.717) is 0 Å². The summed E-state index contributed by atoms with van der Waals surface area (Å²) in [5.41, 5.74) is -0.293. The van der Waals surface area contributed by atoms with E-state index in [1.54, 1.807) is 0 Å². The van der Waals surface area contributed by atoms with Crippen LogP contribution in [-0.2, 0) is 0 Å². The van der Waals surface area contributed by atoms with Crippen molar-refractivity contribution in [1.29, 1.82) is 0 Å². The van der Waals surface area contributed by atoms with Gasteiger partial charge in [0.15, 0.2) is 6.17 Å². The van der Waals surface area contributed by atoms with E-state index in [2.05, 4.69) is 0 Å². The number of nitro groups is 1. The lowest BCUT2D eigenvalue weighted by molar-refractivity contribution is -0.429. The normalized spacial score (nSPS) is 24.0. The van der Waals surface area contributed by atoms with Crippen LogP contribution in [0.2, 0.25) is 0 Å². The van der Waals surface area contributed by atoms with Crippen LogP contribution < -0.4 is 0 Å². The van der Waals surface area contributed by atoms with E-state index in [1.165, 1.54) is 0 Å². The number of hydrogen-bond donors (Lipinski definition) is 0. The maximum atomic E-state index is 12.4. The molecule has 1 rings (SSSR count). The number of nitrogens with zero attached hydrogens (tertiary/aromatic N) is 1. The zero-order valence-corrected chi connectivity index (χ0v) is 5.46. The van der Waals surface area contributed by atoms with E-state index in [1.807, 2.05) is 0 Å². The molecule has 0 amide bonds. The van der Waals surface area contributed by atoms with Gasteiger partial charge in [-0.3, -0.25) is 10.1 Å². The molecule has 0 aromatic heterocycles. The van der Waals surface area contributed by atoms with Crippen molar-refractivity contribution in [3.8, 4) is 0 Å². The molecule has 0 aliphatic heterocycles. The summed E-state index contributed by atoms with van der Waals surface area (Å²) in [5.74, 6) is -0.949. The molecule has 1 unspecified atom stereocenters. The maximum absolute atomic E-state index is 12.4. The average molecular weight is 161 g/mol. The lowest BCUT2D eigenvalue weighted by atomic mass is 10.1. The van der Waals surface area contributed by atoms with Crippen LogP contribution in [0.15, 0.2) is 23.7 Å². The van der Waals surface area contributed by atoms with Gasteiger partial charge in [0, 0.05) is 6.08 Å². The summed E-state index contributed by atoms with van der Waals surface area (Å²) in [4.78, 5) is 9.31. The topological polar surface area (TPSA) is 43.1 Å². The van der Waals surface area contributed by atoms with Crippen LogP contribution in [0.3, 0.4) is 0 Å². The summed E-state index contributed by atoms with van der Waals surface area (Å²) < 4.78 is 24.6. The Bertz CT molecular complexity index is 247. The van der Waals surface area contributed by atoms with Gasteiger partial charge in [-0.25, -0.2) is 8.78 Å². The van der Waals surface area contributed by atoms with Gasteiger partial charge < -0.3 is 0 Å². The molecule has 0 saturated carbocycles. The summed E-state index contributed by atoms with van der Waals surface area (Å²) in [6, 6.07) is 0. The van der Waals surface area contributed by atoms with Crippen molar-refractivity contribution in [1.82, 2.24) is 0 Å². The van der Waals surface area contributed by atoms with Gasteiger partial charge in [0.25, 0.3) is 0 Å². The molecule has 0 saturated heterocycles. The molecule has 1 aliphatic rings. The third-order valence-corrected chi connectivity index (χ3v) is 1.36. The minimum absolute atomic E-state index is 0.293. The fraction of sp³-hybridized carbons (Fsp3) is 0.333. The Kier molecular flexibility index (Phi) is 1.98. The molecule has 0 fully saturated rings. The van der Waals surface area contributed by atoms with E-state index >= 15 is 0 Å². The number of alkyl halides is 1. The fourth-order valence-corrected chi connectivity index (χ4v) is 0.765. The van der Waals surface area contributed by atoms with Gasteiger partial charge in [-0.1, -0.05) is 0 Å². The molecular weight excluding hydrogens is 156 g/mol. The van der Waals surface area contributed by atoms with Crippen LogP contribution >= 0.6 is 0 Å². The average Bonchev–Trinajstić information content (AvgIpc) is 1.94. The first-order valence-electron chi connectivity index (χ1n) is 2.96. The van der Waals surface area contributed by atoms with Crippen LogP contribution in [0, 0.1) is 10.1 Å². The second-order valence-electron chi connectivity index (χ2n) is 2.14. The van der Waals surface area contributed by atoms with E-state index in [9.17, 15) is 18.9 Å². The molecule has 0 heterocycles. The molecule has 0 bridgehead atoms. The van der Waals surface area contributed by atoms with Crippen LogP contribution in [0.1, 0.15) is 6.42 Å².